The fraction of sp³-hybridized carbons (Fsp3) is 0.118. The molecular formula is C68H50B2N6O7S. The average molecular weight is 1120 g/mol. The number of para-hydroxylation sites is 7. The lowest BCUT2D eigenvalue weighted by molar-refractivity contribution is 0.271. The van der Waals surface area contributed by atoms with Gasteiger partial charge in [0.2, 0.25) is 5.89 Å². The van der Waals surface area contributed by atoms with Gasteiger partial charge < -0.3 is 41.5 Å². The summed E-state index contributed by atoms with van der Waals surface area (Å²) in [4.78, 5) is 14.8. The second-order valence-electron chi connectivity index (χ2n) is 21.3. The topological polar surface area (TPSA) is 132 Å². The number of hydrogen-bond donors (Lipinski definition) is 0. The number of nitrogens with zero attached hydrogens (tertiary/aromatic N) is 6. The summed E-state index contributed by atoms with van der Waals surface area (Å²) in [5.74, 6) is 3.75. The molecule has 406 valence electrons. The zero-order valence-electron chi connectivity index (χ0n) is 46.1. The first kappa shape index (κ1) is 51.7. The normalized spacial score (nSPS) is 13.3. The Morgan fingerprint density at radius 2 is 1.01 bits per heavy atom. The number of rotatable bonds is 12. The monoisotopic (exact) mass is 1120 g/mol. The molecule has 0 saturated heterocycles. The fourth-order valence-electron chi connectivity index (χ4n) is 11.1. The molecule has 2 aliphatic heterocycles. The van der Waals surface area contributed by atoms with Crippen molar-refractivity contribution in [3.63, 3.8) is 0 Å². The molecule has 84 heavy (non-hydrogen) atoms. The van der Waals surface area contributed by atoms with Crippen LogP contribution in [0.15, 0.2) is 199 Å². The van der Waals surface area contributed by atoms with Crippen LogP contribution in [0.4, 0.5) is 0 Å². The number of benzene rings is 8. The zero-order valence-corrected chi connectivity index (χ0v) is 47.0. The average Bonchev–Trinajstić information content (AvgIpc) is 1.86. The first-order valence-corrected chi connectivity index (χ1v) is 28.6. The van der Waals surface area contributed by atoms with Crippen LogP contribution in [-0.2, 0) is 0 Å². The quantitative estimate of drug-likeness (QED) is 0.0860. The minimum atomic E-state index is -1.36. The van der Waals surface area contributed by atoms with Crippen LogP contribution in [0.3, 0.4) is 0 Å². The van der Waals surface area contributed by atoms with Crippen molar-refractivity contribution in [1.82, 2.24) is 18.9 Å². The number of aromatic nitrogens is 4. The first-order chi connectivity index (χ1) is 41.2. The molecule has 14 rings (SSSR count). The fourth-order valence-corrected chi connectivity index (χ4v) is 12.0. The maximum atomic E-state index is 12.3. The molecule has 16 heteroatoms. The third-order valence-corrected chi connectivity index (χ3v) is 15.7. The third-order valence-electron chi connectivity index (χ3n) is 14.7. The number of oxazole rings is 1. The lowest BCUT2D eigenvalue weighted by atomic mass is 10.0. The van der Waals surface area contributed by atoms with Crippen molar-refractivity contribution in [3.8, 4) is 85.3 Å². The molecule has 0 unspecified atom stereocenters. The van der Waals surface area contributed by atoms with Crippen molar-refractivity contribution in [1.29, 1.82) is 5.26 Å². The van der Waals surface area contributed by atoms with Gasteiger partial charge in [-0.05, 0) is 84.6 Å². The summed E-state index contributed by atoms with van der Waals surface area (Å²) in [6.45, 7) is 18.8. The largest absolute Gasteiger partial charge is 0.743 e. The van der Waals surface area contributed by atoms with E-state index in [0.717, 1.165) is 27.0 Å². The number of ether oxygens (including phenoxy) is 2. The summed E-state index contributed by atoms with van der Waals surface area (Å²) < 4.78 is 53.9. The molecule has 8 aromatic carbocycles. The van der Waals surface area contributed by atoms with Gasteiger partial charge in [-0.25, -0.2) is 14.8 Å². The van der Waals surface area contributed by atoms with E-state index in [1.54, 1.807) is 0 Å². The Balaban J connectivity index is 1.25. The molecule has 0 N–H and O–H groups in total. The SMILES string of the molecule is [C-]#[N+]/C(c1nc2ccccc2o1)=c1\c2c(-c3cccc(OCC(C)C)c3)n(B3Oc4ccccc4-c4ccccc4O3)/c(=C(/C#N)c3nc4ccccc4s3)c2c(-c2cccc(OCC(C)C)c2)n1B1Oc2ccccc2-c2ccccc2O1. The van der Waals surface area contributed by atoms with Crippen molar-refractivity contribution in [2.75, 3.05) is 13.2 Å². The van der Waals surface area contributed by atoms with Crippen LogP contribution in [0.1, 0.15) is 38.6 Å². The predicted octanol–water partition coefficient (Wildman–Crippen LogP) is 14.3. The molecule has 0 radical (unpaired) electrons. The predicted molar refractivity (Wildman–Crippen MR) is 330 cm³/mol. The molecule has 0 spiro atoms. The number of fused-ring (bicyclic) bond motifs is 9. The maximum Gasteiger partial charge on any atom is 0.743 e. The van der Waals surface area contributed by atoms with E-state index in [1.807, 2.05) is 203 Å². The summed E-state index contributed by atoms with van der Waals surface area (Å²) in [5, 5.41) is 14.3. The Morgan fingerprint density at radius 1 is 0.560 bits per heavy atom. The van der Waals surface area contributed by atoms with Crippen LogP contribution < -0.4 is 38.8 Å². The Labute approximate surface area is 488 Å². The minimum absolute atomic E-state index is 0.0155. The maximum absolute atomic E-state index is 12.3. The van der Waals surface area contributed by atoms with Crippen LogP contribution in [0.25, 0.3) is 93.0 Å². The molecule has 2 aliphatic rings. The van der Waals surface area contributed by atoms with E-state index in [4.69, 9.17) is 42.5 Å². The molecule has 6 heterocycles. The summed E-state index contributed by atoms with van der Waals surface area (Å²) in [6, 6.07) is 64.8. The zero-order chi connectivity index (χ0) is 57.0. The second-order valence-corrected chi connectivity index (χ2v) is 22.4. The highest BCUT2D eigenvalue weighted by atomic mass is 32.1. The van der Waals surface area contributed by atoms with E-state index < -0.39 is 14.5 Å². The molecule has 0 atom stereocenters. The summed E-state index contributed by atoms with van der Waals surface area (Å²) in [5.41, 5.74) is 7.41. The van der Waals surface area contributed by atoms with E-state index in [0.29, 0.717) is 108 Å². The molecule has 13 nitrogen and oxygen atoms in total. The highest BCUT2D eigenvalue weighted by molar-refractivity contribution is 7.19. The molecule has 0 bridgehead atoms. The van der Waals surface area contributed by atoms with E-state index in [2.05, 4.69) is 38.6 Å². The van der Waals surface area contributed by atoms with Crippen LogP contribution in [0, 0.1) is 29.7 Å². The summed E-state index contributed by atoms with van der Waals surface area (Å²) in [7, 11) is -2.70. The van der Waals surface area contributed by atoms with Gasteiger partial charge >= 0.3 is 14.5 Å². The van der Waals surface area contributed by atoms with Crippen LogP contribution in [0.5, 0.6) is 34.5 Å². The highest BCUT2D eigenvalue weighted by Crippen LogP contribution is 2.45. The van der Waals surface area contributed by atoms with Gasteiger partial charge in [-0.3, -0.25) is 0 Å². The van der Waals surface area contributed by atoms with Crippen molar-refractivity contribution >= 4 is 69.2 Å². The molecule has 4 aromatic heterocycles. The van der Waals surface area contributed by atoms with Crippen LogP contribution >= 0.6 is 11.3 Å². The van der Waals surface area contributed by atoms with Gasteiger partial charge in [0, 0.05) is 44.2 Å². The Hall–Kier alpha value is -10.4. The molecular weight excluding hydrogens is 1070 g/mol. The smallest absolute Gasteiger partial charge is 0.506 e. The lowest BCUT2D eigenvalue weighted by Crippen LogP contribution is -2.46. The van der Waals surface area contributed by atoms with E-state index in [1.165, 1.54) is 11.3 Å². The molecule has 0 saturated carbocycles. The van der Waals surface area contributed by atoms with Crippen molar-refractivity contribution in [2.24, 2.45) is 11.8 Å². The Bertz CT molecular complexity index is 4340. The van der Waals surface area contributed by atoms with Gasteiger partial charge in [-0.1, -0.05) is 149 Å². The van der Waals surface area contributed by atoms with Gasteiger partial charge in [-0.2, -0.15) is 5.26 Å². The molecule has 0 fully saturated rings. The molecule has 0 aliphatic carbocycles. The van der Waals surface area contributed by atoms with Crippen LogP contribution in [0.2, 0.25) is 0 Å². The van der Waals surface area contributed by atoms with Gasteiger partial charge in [0.05, 0.1) is 52.1 Å². The number of nitriles is 1. The van der Waals surface area contributed by atoms with Gasteiger partial charge in [-0.15, -0.1) is 11.3 Å². The van der Waals surface area contributed by atoms with Crippen molar-refractivity contribution < 1.29 is 32.5 Å². The summed E-state index contributed by atoms with van der Waals surface area (Å²) in [6.07, 6.45) is 0. The number of thiazole rings is 1. The van der Waals surface area contributed by atoms with Gasteiger partial charge in [0.15, 0.2) is 5.58 Å². The second kappa shape index (κ2) is 21.5. The van der Waals surface area contributed by atoms with Gasteiger partial charge in [0.1, 0.15) is 56.7 Å². The Morgan fingerprint density at radius 3 is 1.49 bits per heavy atom. The van der Waals surface area contributed by atoms with Crippen molar-refractivity contribution in [3.05, 3.63) is 227 Å². The van der Waals surface area contributed by atoms with E-state index in [-0.39, 0.29) is 34.3 Å². The summed E-state index contributed by atoms with van der Waals surface area (Å²) >= 11 is 1.40. The third kappa shape index (κ3) is 9.14. The minimum Gasteiger partial charge on any atom is -0.506 e. The van der Waals surface area contributed by atoms with Gasteiger partial charge in [0.25, 0.3) is 5.70 Å². The Kier molecular flexibility index (Phi) is 13.2. The lowest BCUT2D eigenvalue weighted by Gasteiger charge is -2.21. The van der Waals surface area contributed by atoms with E-state index in [9.17, 15) is 11.8 Å². The van der Waals surface area contributed by atoms with E-state index >= 15 is 0 Å². The standard InChI is InChI=1S/C68H50B2N6O7S/c1-41(2)39-77-45-22-18-20-43(36-45)63-60-61(66(62(72-5)67-73-52-28-10-16-34-58(52)79-67)76(63)70-82-56-32-14-8-26-49(56)50-27-9-15-33-57(50)83-70)64(44-21-19-23-46(37-44)78-40-42(3)4)75(65(60)51(38-71)68-74-53-29-11-17-35-59(53)84-68)69-80-54-30-12-6-24-47(54)48-25-7-13-31-55(48)81-69/h6-37,41-42H,39-40H2,1-4H3/b65-51-,66-62+. The molecule has 12 aromatic rings. The highest BCUT2D eigenvalue weighted by Gasteiger charge is 2.44. The van der Waals surface area contributed by atoms with Crippen LogP contribution in [-0.4, -0.2) is 46.6 Å². The molecule has 0 amide bonds. The first-order valence-electron chi connectivity index (χ1n) is 27.8. The number of hydrogen-bond acceptors (Lipinski definition) is 11. The van der Waals surface area contributed by atoms with Crippen molar-refractivity contribution in [2.45, 2.75) is 27.7 Å².